The van der Waals surface area contributed by atoms with Crippen LogP contribution < -0.4 is 9.80 Å². The zero-order valence-electron chi connectivity index (χ0n) is 22.8. The van der Waals surface area contributed by atoms with E-state index in [0.29, 0.717) is 28.6 Å². The summed E-state index contributed by atoms with van der Waals surface area (Å²) in [6.45, 7) is 3.63. The number of nitrogens with zero attached hydrogens (tertiary/aromatic N) is 7. The molecule has 3 heterocycles. The summed E-state index contributed by atoms with van der Waals surface area (Å²) in [7, 11) is 3.24. The molecule has 3 aromatic heterocycles. The molecule has 208 valence electrons. The van der Waals surface area contributed by atoms with Crippen LogP contribution in [0.25, 0.3) is 16.9 Å². The van der Waals surface area contributed by atoms with Crippen molar-refractivity contribution in [1.82, 2.24) is 24.5 Å². The lowest BCUT2D eigenvalue weighted by atomic mass is 10.1. The first-order chi connectivity index (χ1) is 19.5. The van der Waals surface area contributed by atoms with Crippen LogP contribution in [-0.2, 0) is 6.18 Å². The number of amides is 1. The van der Waals surface area contributed by atoms with E-state index >= 15 is 0 Å². The number of carbonyl (C=O) groups excluding carboxylic acids is 1. The van der Waals surface area contributed by atoms with Crippen molar-refractivity contribution in [3.8, 4) is 16.9 Å². The molecule has 0 saturated heterocycles. The predicted octanol–water partition coefficient (Wildman–Crippen LogP) is 6.40. The maximum atomic E-state index is 13.8. The molecule has 5 rings (SSSR count). The van der Waals surface area contributed by atoms with Gasteiger partial charge in [0.1, 0.15) is 0 Å². The third-order valence-electron chi connectivity index (χ3n) is 6.65. The Morgan fingerprint density at radius 2 is 1.76 bits per heavy atom. The SMILES string of the molecule is Cc1cn(-c2cc(N(C)C(=O)c3ccc(C)c(N(C)c4nccc(-c5cccnc5)n4)c3)cc(C(F)(F)F)c2)cn1. The summed E-state index contributed by atoms with van der Waals surface area (Å²) in [6, 6.07) is 14.1. The van der Waals surface area contributed by atoms with E-state index in [1.54, 1.807) is 67.9 Å². The third kappa shape index (κ3) is 5.79. The van der Waals surface area contributed by atoms with Crippen LogP contribution in [0.2, 0.25) is 0 Å². The number of alkyl halides is 3. The van der Waals surface area contributed by atoms with Gasteiger partial charge in [-0.3, -0.25) is 9.78 Å². The van der Waals surface area contributed by atoms with Gasteiger partial charge in [0.2, 0.25) is 5.95 Å². The van der Waals surface area contributed by atoms with E-state index in [-0.39, 0.29) is 11.4 Å². The molecule has 0 N–H and O–H groups in total. The van der Waals surface area contributed by atoms with E-state index in [9.17, 15) is 18.0 Å². The number of aryl methyl sites for hydroxylation is 2. The van der Waals surface area contributed by atoms with Gasteiger partial charge in [0.05, 0.1) is 23.3 Å². The lowest BCUT2D eigenvalue weighted by Gasteiger charge is -2.23. The molecule has 0 bridgehead atoms. The molecular formula is C30H26F3N7O. The van der Waals surface area contributed by atoms with Crippen LogP contribution in [0.15, 0.2) is 85.7 Å². The van der Waals surface area contributed by atoms with Gasteiger partial charge in [0.25, 0.3) is 5.91 Å². The minimum atomic E-state index is -4.60. The maximum Gasteiger partial charge on any atom is 0.416 e. The van der Waals surface area contributed by atoms with Crippen molar-refractivity contribution in [3.05, 3.63) is 108 Å². The van der Waals surface area contributed by atoms with E-state index in [0.717, 1.165) is 23.3 Å². The largest absolute Gasteiger partial charge is 0.416 e. The molecule has 0 aliphatic carbocycles. The summed E-state index contributed by atoms with van der Waals surface area (Å²) in [5.41, 5.74) is 3.46. The molecule has 11 heteroatoms. The number of imidazole rings is 1. The van der Waals surface area contributed by atoms with Crippen molar-refractivity contribution in [3.63, 3.8) is 0 Å². The average molecular weight is 558 g/mol. The first-order valence-electron chi connectivity index (χ1n) is 12.6. The Morgan fingerprint density at radius 3 is 2.44 bits per heavy atom. The fourth-order valence-corrected chi connectivity index (χ4v) is 4.37. The maximum absolute atomic E-state index is 13.8. The number of hydrogen-bond acceptors (Lipinski definition) is 6. The molecule has 0 unspecified atom stereocenters. The quantitative estimate of drug-likeness (QED) is 0.240. The van der Waals surface area contributed by atoms with E-state index in [2.05, 4.69) is 19.9 Å². The van der Waals surface area contributed by atoms with Crippen LogP contribution >= 0.6 is 0 Å². The summed E-state index contributed by atoms with van der Waals surface area (Å²) in [5.74, 6) is -0.0673. The standard InChI is InChI=1S/C30H26F3N7O/c1-19-7-8-21(12-27(19)39(4)29-35-11-9-26(37-29)22-6-5-10-34-16-22)28(41)38(3)24-13-23(30(31,32)33)14-25(15-24)40-17-20(2)36-18-40/h5-18H,1-4H3. The van der Waals surface area contributed by atoms with Gasteiger partial charge in [-0.1, -0.05) is 6.07 Å². The molecule has 0 radical (unpaired) electrons. The van der Waals surface area contributed by atoms with Gasteiger partial charge in [-0.05, 0) is 67.9 Å². The minimum absolute atomic E-state index is 0.0918. The van der Waals surface area contributed by atoms with Gasteiger partial charge >= 0.3 is 6.18 Å². The van der Waals surface area contributed by atoms with Crippen LogP contribution in [0.5, 0.6) is 0 Å². The van der Waals surface area contributed by atoms with Gasteiger partial charge < -0.3 is 14.4 Å². The minimum Gasteiger partial charge on any atom is -0.313 e. The van der Waals surface area contributed by atoms with Crippen molar-refractivity contribution >= 4 is 23.2 Å². The highest BCUT2D eigenvalue weighted by molar-refractivity contribution is 6.06. The summed E-state index contributed by atoms with van der Waals surface area (Å²) >= 11 is 0. The molecule has 2 aromatic carbocycles. The van der Waals surface area contributed by atoms with Gasteiger partial charge in [0.15, 0.2) is 0 Å². The highest BCUT2D eigenvalue weighted by Gasteiger charge is 2.32. The number of pyridine rings is 1. The number of halogens is 3. The molecule has 8 nitrogen and oxygen atoms in total. The number of rotatable bonds is 6. The first kappa shape index (κ1) is 27.5. The molecule has 0 aliphatic rings. The number of carbonyl (C=O) groups is 1. The molecule has 0 spiro atoms. The molecular weight excluding hydrogens is 531 g/mol. The van der Waals surface area contributed by atoms with Crippen LogP contribution in [0.3, 0.4) is 0 Å². The van der Waals surface area contributed by atoms with E-state index in [1.165, 1.54) is 28.9 Å². The third-order valence-corrected chi connectivity index (χ3v) is 6.65. The van der Waals surface area contributed by atoms with E-state index < -0.39 is 17.6 Å². The summed E-state index contributed by atoms with van der Waals surface area (Å²) in [4.78, 5) is 33.9. The van der Waals surface area contributed by atoms with Gasteiger partial charge in [-0.25, -0.2) is 15.0 Å². The number of hydrogen-bond donors (Lipinski definition) is 0. The number of aromatic nitrogens is 5. The van der Waals surface area contributed by atoms with E-state index in [4.69, 9.17) is 0 Å². The Hall–Kier alpha value is -5.06. The normalized spacial score (nSPS) is 11.4. The Morgan fingerprint density at radius 1 is 0.951 bits per heavy atom. The van der Waals surface area contributed by atoms with E-state index in [1.807, 2.05) is 19.1 Å². The van der Waals surface area contributed by atoms with Gasteiger partial charge in [-0.15, -0.1) is 0 Å². The van der Waals surface area contributed by atoms with Gasteiger partial charge in [0, 0.05) is 67.1 Å². The summed E-state index contributed by atoms with van der Waals surface area (Å²) < 4.78 is 42.9. The fraction of sp³-hybridized carbons (Fsp3) is 0.167. The highest BCUT2D eigenvalue weighted by atomic mass is 19.4. The van der Waals surface area contributed by atoms with Crippen LogP contribution in [0, 0.1) is 13.8 Å². The molecule has 0 atom stereocenters. The first-order valence-corrected chi connectivity index (χ1v) is 12.6. The highest BCUT2D eigenvalue weighted by Crippen LogP contribution is 2.35. The molecule has 0 saturated carbocycles. The molecule has 0 aliphatic heterocycles. The van der Waals surface area contributed by atoms with Crippen molar-refractivity contribution in [2.45, 2.75) is 20.0 Å². The van der Waals surface area contributed by atoms with Crippen LogP contribution in [0.1, 0.15) is 27.2 Å². The lowest BCUT2D eigenvalue weighted by molar-refractivity contribution is -0.137. The summed E-state index contributed by atoms with van der Waals surface area (Å²) in [5, 5.41) is 0. The van der Waals surface area contributed by atoms with Crippen molar-refractivity contribution < 1.29 is 18.0 Å². The zero-order valence-corrected chi connectivity index (χ0v) is 22.8. The Labute approximate surface area is 234 Å². The number of anilines is 3. The Balaban J connectivity index is 1.48. The smallest absolute Gasteiger partial charge is 0.313 e. The average Bonchev–Trinajstić information content (AvgIpc) is 3.42. The van der Waals surface area contributed by atoms with Crippen LogP contribution in [-0.4, -0.2) is 44.5 Å². The zero-order chi connectivity index (χ0) is 29.3. The Bertz CT molecular complexity index is 1720. The summed E-state index contributed by atoms with van der Waals surface area (Å²) in [6.07, 6.45) is 3.48. The van der Waals surface area contributed by atoms with Crippen molar-refractivity contribution in [2.24, 2.45) is 0 Å². The molecule has 1 amide bonds. The topological polar surface area (TPSA) is 80.0 Å². The van der Waals surface area contributed by atoms with Crippen molar-refractivity contribution in [2.75, 3.05) is 23.9 Å². The van der Waals surface area contributed by atoms with Crippen molar-refractivity contribution in [1.29, 1.82) is 0 Å². The monoisotopic (exact) mass is 557 g/mol. The lowest BCUT2D eigenvalue weighted by Crippen LogP contribution is -2.27. The van der Waals surface area contributed by atoms with Gasteiger partial charge in [-0.2, -0.15) is 13.2 Å². The second-order valence-electron chi connectivity index (χ2n) is 9.57. The fourth-order valence-electron chi connectivity index (χ4n) is 4.37. The second kappa shape index (κ2) is 10.8. The predicted molar refractivity (Wildman–Crippen MR) is 151 cm³/mol. The molecule has 41 heavy (non-hydrogen) atoms. The molecule has 5 aromatic rings. The van der Waals surface area contributed by atoms with Crippen LogP contribution in [0.4, 0.5) is 30.5 Å². The molecule has 0 fully saturated rings. The Kier molecular flexibility index (Phi) is 7.27. The number of benzene rings is 2. The second-order valence-corrected chi connectivity index (χ2v) is 9.57.